The molecule has 2 rings (SSSR count). The third kappa shape index (κ3) is 2.38. The van der Waals surface area contributed by atoms with E-state index in [1.807, 2.05) is 37.3 Å². The summed E-state index contributed by atoms with van der Waals surface area (Å²) in [6, 6.07) is 10.1. The van der Waals surface area contributed by atoms with E-state index in [1.54, 1.807) is 13.2 Å². The Morgan fingerprint density at radius 3 is 2.50 bits per heavy atom. The molecular weight excluding hydrogens is 222 g/mol. The minimum absolute atomic E-state index is 0.866. The Balaban J connectivity index is 2.51. The van der Waals surface area contributed by atoms with Crippen molar-refractivity contribution in [1.29, 1.82) is 0 Å². The second-order valence-corrected chi connectivity index (χ2v) is 3.97. The third-order valence-electron chi connectivity index (χ3n) is 2.88. The largest absolute Gasteiger partial charge is 0.497 e. The van der Waals surface area contributed by atoms with Crippen LogP contribution in [0.1, 0.15) is 6.92 Å². The van der Waals surface area contributed by atoms with Crippen LogP contribution in [-0.4, -0.2) is 12.1 Å². The lowest BCUT2D eigenvalue weighted by Gasteiger charge is -2.01. The Morgan fingerprint density at radius 2 is 1.94 bits per heavy atom. The summed E-state index contributed by atoms with van der Waals surface area (Å²) in [7, 11) is 1.67. The first kappa shape index (κ1) is 12.2. The Labute approximate surface area is 107 Å². The van der Waals surface area contributed by atoms with Gasteiger partial charge < -0.3 is 9.72 Å². The number of rotatable bonds is 3. The number of nitrogens with one attached hydrogen (secondary N) is 1. The fourth-order valence-corrected chi connectivity index (χ4v) is 1.91. The lowest BCUT2D eigenvalue weighted by Crippen LogP contribution is -2.20. The van der Waals surface area contributed by atoms with E-state index in [4.69, 9.17) is 4.74 Å². The first-order valence-electron chi connectivity index (χ1n) is 5.91. The molecule has 1 heterocycles. The summed E-state index contributed by atoms with van der Waals surface area (Å²) < 4.78 is 5.16. The number of aromatic amines is 1. The minimum atomic E-state index is 0.866. The molecule has 2 nitrogen and oxygen atoms in total. The third-order valence-corrected chi connectivity index (χ3v) is 2.88. The van der Waals surface area contributed by atoms with Crippen molar-refractivity contribution in [3.63, 3.8) is 0 Å². The van der Waals surface area contributed by atoms with E-state index in [0.29, 0.717) is 0 Å². The number of hydrogen-bond donors (Lipinski definition) is 1. The molecule has 0 fully saturated rings. The summed E-state index contributed by atoms with van der Waals surface area (Å²) in [5, 5.41) is 2.26. The van der Waals surface area contributed by atoms with Crippen LogP contribution in [0.4, 0.5) is 0 Å². The van der Waals surface area contributed by atoms with Crippen molar-refractivity contribution < 1.29 is 4.74 Å². The first-order valence-corrected chi connectivity index (χ1v) is 5.91. The van der Waals surface area contributed by atoms with Crippen LogP contribution in [0.5, 0.6) is 5.75 Å². The molecule has 1 aromatic heterocycles. The van der Waals surface area contributed by atoms with Gasteiger partial charge in [-0.3, -0.25) is 0 Å². The van der Waals surface area contributed by atoms with Gasteiger partial charge in [-0.05, 0) is 54.1 Å². The summed E-state index contributed by atoms with van der Waals surface area (Å²) >= 11 is 0. The van der Waals surface area contributed by atoms with Crippen molar-refractivity contribution in [3.8, 4) is 17.0 Å². The Morgan fingerprint density at radius 1 is 1.22 bits per heavy atom. The van der Waals surface area contributed by atoms with Crippen molar-refractivity contribution >= 4 is 12.2 Å². The van der Waals surface area contributed by atoms with E-state index in [1.165, 1.54) is 5.22 Å². The highest BCUT2D eigenvalue weighted by Crippen LogP contribution is 2.18. The standard InChI is InChI=1S/C16H17NO/c1-4-6-15-12(5-2)11-16(17-15)13-7-9-14(18-3)10-8-13/h4-11,17H,1H2,2-3H3/b12-5-,15-6+. The highest BCUT2D eigenvalue weighted by atomic mass is 16.5. The fraction of sp³-hybridized carbons (Fsp3) is 0.125. The maximum Gasteiger partial charge on any atom is 0.118 e. The first-order chi connectivity index (χ1) is 8.78. The molecule has 0 bridgehead atoms. The molecule has 0 atom stereocenters. The molecule has 18 heavy (non-hydrogen) atoms. The Bertz CT molecular complexity index is 647. The van der Waals surface area contributed by atoms with Crippen molar-refractivity contribution in [2.75, 3.05) is 7.11 Å². The van der Waals surface area contributed by atoms with Crippen LogP contribution >= 0.6 is 0 Å². The summed E-state index contributed by atoms with van der Waals surface area (Å²) in [6.07, 6.45) is 5.85. The van der Waals surface area contributed by atoms with E-state index in [-0.39, 0.29) is 0 Å². The minimum Gasteiger partial charge on any atom is -0.497 e. The van der Waals surface area contributed by atoms with Crippen LogP contribution in [0.2, 0.25) is 0 Å². The molecule has 0 spiro atoms. The lowest BCUT2D eigenvalue weighted by atomic mass is 10.1. The summed E-state index contributed by atoms with van der Waals surface area (Å²) in [6.45, 7) is 5.76. The van der Waals surface area contributed by atoms with Crippen LogP contribution in [0.3, 0.4) is 0 Å². The number of methoxy groups -OCH3 is 1. The van der Waals surface area contributed by atoms with Crippen molar-refractivity contribution in [2.24, 2.45) is 0 Å². The Hall–Kier alpha value is -2.22. The number of hydrogen-bond acceptors (Lipinski definition) is 1. The van der Waals surface area contributed by atoms with E-state index in [2.05, 4.69) is 23.7 Å². The molecule has 0 aliphatic rings. The quantitative estimate of drug-likeness (QED) is 0.874. The molecule has 0 saturated carbocycles. The molecule has 2 heteroatoms. The second kappa shape index (κ2) is 5.41. The Kier molecular flexibility index (Phi) is 3.68. The molecule has 1 aromatic carbocycles. The summed E-state index contributed by atoms with van der Waals surface area (Å²) in [4.78, 5) is 3.39. The molecule has 1 N–H and O–H groups in total. The zero-order chi connectivity index (χ0) is 13.0. The van der Waals surface area contributed by atoms with Gasteiger partial charge in [0.15, 0.2) is 0 Å². The van der Waals surface area contributed by atoms with Crippen LogP contribution in [0.15, 0.2) is 43.0 Å². The number of H-pyrrole nitrogens is 1. The highest BCUT2D eigenvalue weighted by molar-refractivity contribution is 5.61. The van der Waals surface area contributed by atoms with E-state index in [9.17, 15) is 0 Å². The molecule has 0 radical (unpaired) electrons. The number of aromatic nitrogens is 1. The van der Waals surface area contributed by atoms with Gasteiger partial charge >= 0.3 is 0 Å². The van der Waals surface area contributed by atoms with Crippen LogP contribution in [0, 0.1) is 0 Å². The van der Waals surface area contributed by atoms with Gasteiger partial charge in [-0.2, -0.15) is 0 Å². The van der Waals surface area contributed by atoms with Gasteiger partial charge in [0.05, 0.1) is 7.11 Å². The predicted octanol–water partition coefficient (Wildman–Crippen LogP) is 2.46. The van der Waals surface area contributed by atoms with Crippen LogP contribution < -0.4 is 15.3 Å². The molecule has 92 valence electrons. The zero-order valence-corrected chi connectivity index (χ0v) is 10.7. The van der Waals surface area contributed by atoms with Crippen molar-refractivity contribution in [3.05, 3.63) is 53.6 Å². The highest BCUT2D eigenvalue weighted by Gasteiger charge is 2.00. The average molecular weight is 239 g/mol. The van der Waals surface area contributed by atoms with Crippen LogP contribution in [0.25, 0.3) is 23.4 Å². The van der Waals surface area contributed by atoms with Crippen LogP contribution in [-0.2, 0) is 0 Å². The molecule has 0 aliphatic heterocycles. The van der Waals surface area contributed by atoms with Gasteiger partial charge in [0.1, 0.15) is 5.75 Å². The SMILES string of the molecule is C=C/C=c1/[nH]c(-c2ccc(OC)cc2)c/c1=C/C. The van der Waals surface area contributed by atoms with E-state index in [0.717, 1.165) is 22.4 Å². The lowest BCUT2D eigenvalue weighted by molar-refractivity contribution is 0.415. The smallest absolute Gasteiger partial charge is 0.118 e. The maximum atomic E-state index is 5.16. The summed E-state index contributed by atoms with van der Waals surface area (Å²) in [5.74, 6) is 0.866. The van der Waals surface area contributed by atoms with Crippen molar-refractivity contribution in [1.82, 2.24) is 4.98 Å². The van der Waals surface area contributed by atoms with E-state index < -0.39 is 0 Å². The summed E-state index contributed by atoms with van der Waals surface area (Å²) in [5.41, 5.74) is 2.24. The van der Waals surface area contributed by atoms with Gasteiger partial charge in [0, 0.05) is 11.0 Å². The number of benzene rings is 1. The van der Waals surface area contributed by atoms with E-state index >= 15 is 0 Å². The fourth-order valence-electron chi connectivity index (χ4n) is 1.91. The van der Waals surface area contributed by atoms with Gasteiger partial charge in [0.2, 0.25) is 0 Å². The predicted molar refractivity (Wildman–Crippen MR) is 76.8 cm³/mol. The second-order valence-electron chi connectivity index (χ2n) is 3.97. The van der Waals surface area contributed by atoms with Gasteiger partial charge in [-0.1, -0.05) is 18.7 Å². The topological polar surface area (TPSA) is 25.0 Å². The molecule has 0 unspecified atom stereocenters. The molecule has 0 saturated heterocycles. The molecular formula is C16H17NO. The number of allylic oxidation sites excluding steroid dienone is 1. The molecule has 0 amide bonds. The maximum absolute atomic E-state index is 5.16. The average Bonchev–Trinajstić information content (AvgIpc) is 2.82. The monoisotopic (exact) mass is 239 g/mol. The van der Waals surface area contributed by atoms with Crippen molar-refractivity contribution in [2.45, 2.75) is 6.92 Å². The molecule has 2 aromatic rings. The van der Waals surface area contributed by atoms with Gasteiger partial charge in [-0.15, -0.1) is 0 Å². The molecule has 0 aliphatic carbocycles. The zero-order valence-electron chi connectivity index (χ0n) is 10.7. The normalized spacial score (nSPS) is 12.8. The number of ether oxygens (including phenoxy) is 1. The van der Waals surface area contributed by atoms with Gasteiger partial charge in [0.25, 0.3) is 0 Å². The van der Waals surface area contributed by atoms with Gasteiger partial charge in [-0.25, -0.2) is 0 Å².